The van der Waals surface area contributed by atoms with Crippen LogP contribution in [0.15, 0.2) is 119 Å². The highest BCUT2D eigenvalue weighted by molar-refractivity contribution is 5.81. The van der Waals surface area contributed by atoms with Gasteiger partial charge in [0.15, 0.2) is 0 Å². The average molecular weight is 417 g/mol. The number of hydrogen-bond acceptors (Lipinski definition) is 2. The molecule has 4 rings (SSSR count). The van der Waals surface area contributed by atoms with Crippen molar-refractivity contribution in [2.75, 3.05) is 0 Å². The second kappa shape index (κ2) is 10.5. The molecule has 2 nitrogen and oxygen atoms in total. The predicted molar refractivity (Wildman–Crippen MR) is 136 cm³/mol. The lowest BCUT2D eigenvalue weighted by Crippen LogP contribution is -2.09. The lowest BCUT2D eigenvalue weighted by atomic mass is 9.94. The van der Waals surface area contributed by atoms with Crippen molar-refractivity contribution in [3.63, 3.8) is 0 Å². The average Bonchev–Trinajstić information content (AvgIpc) is 2.84. The number of rotatable bonds is 7. The molecule has 0 aromatic heterocycles. The molecule has 0 spiro atoms. The predicted octanol–water partition coefficient (Wildman–Crippen LogP) is 7.32. The van der Waals surface area contributed by atoms with Crippen LogP contribution in [-0.4, -0.2) is 12.4 Å². The van der Waals surface area contributed by atoms with Crippen LogP contribution in [0.3, 0.4) is 0 Å². The van der Waals surface area contributed by atoms with Crippen molar-refractivity contribution in [1.29, 1.82) is 0 Å². The molecule has 4 aromatic carbocycles. The molecule has 0 saturated heterocycles. The molecule has 0 aliphatic rings. The summed E-state index contributed by atoms with van der Waals surface area (Å²) in [6.07, 6.45) is 3.93. The molecular weight excluding hydrogens is 388 g/mol. The molecule has 32 heavy (non-hydrogen) atoms. The van der Waals surface area contributed by atoms with Crippen molar-refractivity contribution in [2.24, 2.45) is 9.98 Å². The van der Waals surface area contributed by atoms with Gasteiger partial charge < -0.3 is 0 Å². The van der Waals surface area contributed by atoms with Gasteiger partial charge in [-0.25, -0.2) is 0 Å². The third-order valence-corrected chi connectivity index (χ3v) is 5.50. The van der Waals surface area contributed by atoms with E-state index in [0.717, 1.165) is 22.3 Å². The standard InChI is InChI=1S/C30H28N2/c1-23-13-17-25(18-14-23)21-31-29(27-9-5-3-6-10-27)30(28-11-7-4-8-12-28)32-22-26-19-15-24(2)16-20-26/h3-22,29-30H,1-2H3. The Morgan fingerprint density at radius 2 is 0.812 bits per heavy atom. The zero-order valence-electron chi connectivity index (χ0n) is 18.6. The van der Waals surface area contributed by atoms with Crippen LogP contribution in [-0.2, 0) is 0 Å². The van der Waals surface area contributed by atoms with Crippen LogP contribution < -0.4 is 0 Å². The second-order valence-electron chi connectivity index (χ2n) is 8.09. The number of hydrogen-bond donors (Lipinski definition) is 0. The third-order valence-electron chi connectivity index (χ3n) is 5.50. The van der Waals surface area contributed by atoms with Crippen molar-refractivity contribution in [1.82, 2.24) is 0 Å². The summed E-state index contributed by atoms with van der Waals surface area (Å²) in [6.45, 7) is 4.19. The highest BCUT2D eigenvalue weighted by atomic mass is 14.9. The maximum Gasteiger partial charge on any atom is 0.101 e. The summed E-state index contributed by atoms with van der Waals surface area (Å²) in [5, 5.41) is 0. The van der Waals surface area contributed by atoms with Crippen LogP contribution in [0.5, 0.6) is 0 Å². The minimum absolute atomic E-state index is 0.137. The van der Waals surface area contributed by atoms with E-state index in [-0.39, 0.29) is 12.1 Å². The molecule has 2 heteroatoms. The molecule has 0 aliphatic carbocycles. The quantitative estimate of drug-likeness (QED) is 0.282. The Hall–Kier alpha value is -3.78. The molecule has 0 bridgehead atoms. The van der Waals surface area contributed by atoms with Crippen molar-refractivity contribution in [3.05, 3.63) is 143 Å². The Labute approximate surface area is 191 Å². The smallest absolute Gasteiger partial charge is 0.101 e. The highest BCUT2D eigenvalue weighted by Gasteiger charge is 2.23. The monoisotopic (exact) mass is 416 g/mol. The van der Waals surface area contributed by atoms with Gasteiger partial charge in [0, 0.05) is 12.4 Å². The summed E-state index contributed by atoms with van der Waals surface area (Å²) in [5.41, 5.74) is 6.95. The van der Waals surface area contributed by atoms with E-state index in [9.17, 15) is 0 Å². The molecule has 0 heterocycles. The van der Waals surface area contributed by atoms with E-state index in [2.05, 4.69) is 111 Å². The van der Waals surface area contributed by atoms with Crippen LogP contribution in [0.25, 0.3) is 0 Å². The van der Waals surface area contributed by atoms with Crippen molar-refractivity contribution in [3.8, 4) is 0 Å². The molecular formula is C30H28N2. The van der Waals surface area contributed by atoms with Gasteiger partial charge in [-0.3, -0.25) is 9.98 Å². The maximum atomic E-state index is 5.06. The van der Waals surface area contributed by atoms with Gasteiger partial charge in [-0.05, 0) is 36.1 Å². The van der Waals surface area contributed by atoms with E-state index < -0.39 is 0 Å². The maximum absolute atomic E-state index is 5.06. The van der Waals surface area contributed by atoms with E-state index in [1.165, 1.54) is 11.1 Å². The van der Waals surface area contributed by atoms with Gasteiger partial charge >= 0.3 is 0 Å². The number of nitrogens with zero attached hydrogens (tertiary/aromatic N) is 2. The molecule has 0 amide bonds. The lowest BCUT2D eigenvalue weighted by Gasteiger charge is -2.22. The first kappa shape index (κ1) is 21.5. The summed E-state index contributed by atoms with van der Waals surface area (Å²) < 4.78 is 0. The van der Waals surface area contributed by atoms with E-state index in [1.807, 2.05) is 24.6 Å². The summed E-state index contributed by atoms with van der Waals surface area (Å²) in [7, 11) is 0. The molecule has 158 valence electrons. The number of benzene rings is 4. The van der Waals surface area contributed by atoms with Crippen molar-refractivity contribution < 1.29 is 0 Å². The SMILES string of the molecule is Cc1ccc(C=NC(c2ccccc2)C(N=Cc2ccc(C)cc2)c2ccccc2)cc1. The van der Waals surface area contributed by atoms with E-state index in [0.29, 0.717) is 0 Å². The van der Waals surface area contributed by atoms with Crippen molar-refractivity contribution in [2.45, 2.75) is 25.9 Å². The fraction of sp³-hybridized carbons (Fsp3) is 0.133. The van der Waals surface area contributed by atoms with Gasteiger partial charge in [-0.15, -0.1) is 0 Å². The molecule has 2 atom stereocenters. The first-order valence-corrected chi connectivity index (χ1v) is 11.0. The topological polar surface area (TPSA) is 24.7 Å². The zero-order chi connectivity index (χ0) is 22.2. The molecule has 0 radical (unpaired) electrons. The van der Waals surface area contributed by atoms with Crippen LogP contribution in [0.1, 0.15) is 45.5 Å². The van der Waals surface area contributed by atoms with Gasteiger partial charge in [0.2, 0.25) is 0 Å². The Morgan fingerprint density at radius 1 is 0.469 bits per heavy atom. The summed E-state index contributed by atoms with van der Waals surface area (Å²) in [6, 6.07) is 37.5. The number of aryl methyl sites for hydroxylation is 2. The Kier molecular flexibility index (Phi) is 7.04. The van der Waals surface area contributed by atoms with Gasteiger partial charge in [0.05, 0.1) is 0 Å². The molecule has 2 unspecified atom stereocenters. The lowest BCUT2D eigenvalue weighted by molar-refractivity contribution is 0.583. The second-order valence-corrected chi connectivity index (χ2v) is 8.09. The normalized spacial score (nSPS) is 13.4. The van der Waals surface area contributed by atoms with Crippen LogP contribution in [0.4, 0.5) is 0 Å². The van der Waals surface area contributed by atoms with Crippen molar-refractivity contribution >= 4 is 12.4 Å². The summed E-state index contributed by atoms with van der Waals surface area (Å²) >= 11 is 0. The van der Waals surface area contributed by atoms with Gasteiger partial charge in [-0.2, -0.15) is 0 Å². The minimum atomic E-state index is -0.137. The summed E-state index contributed by atoms with van der Waals surface area (Å²) in [5.74, 6) is 0. The largest absolute Gasteiger partial charge is 0.282 e. The van der Waals surface area contributed by atoms with Gasteiger partial charge in [-0.1, -0.05) is 120 Å². The Morgan fingerprint density at radius 3 is 1.16 bits per heavy atom. The molecule has 0 saturated carbocycles. The first-order chi connectivity index (χ1) is 15.7. The van der Waals surface area contributed by atoms with Gasteiger partial charge in [0.25, 0.3) is 0 Å². The van der Waals surface area contributed by atoms with Crippen LogP contribution >= 0.6 is 0 Å². The highest BCUT2D eigenvalue weighted by Crippen LogP contribution is 2.35. The third kappa shape index (κ3) is 5.67. The van der Waals surface area contributed by atoms with Gasteiger partial charge in [0.1, 0.15) is 12.1 Å². The molecule has 0 N–H and O–H groups in total. The zero-order valence-corrected chi connectivity index (χ0v) is 18.6. The fourth-order valence-electron chi connectivity index (χ4n) is 3.64. The number of aliphatic imine (C=N–C) groups is 2. The minimum Gasteiger partial charge on any atom is -0.282 e. The molecule has 0 fully saturated rings. The van der Waals surface area contributed by atoms with E-state index in [1.54, 1.807) is 0 Å². The van der Waals surface area contributed by atoms with E-state index in [4.69, 9.17) is 9.98 Å². The first-order valence-electron chi connectivity index (χ1n) is 11.0. The van der Waals surface area contributed by atoms with Crippen LogP contribution in [0, 0.1) is 13.8 Å². The Balaban J connectivity index is 1.75. The fourth-order valence-corrected chi connectivity index (χ4v) is 3.64. The summed E-state index contributed by atoms with van der Waals surface area (Å²) in [4.78, 5) is 10.1. The van der Waals surface area contributed by atoms with Crippen LogP contribution in [0.2, 0.25) is 0 Å². The van der Waals surface area contributed by atoms with E-state index >= 15 is 0 Å². The Bertz CT molecular complexity index is 1060. The molecule has 0 aliphatic heterocycles. The molecule has 4 aromatic rings.